The summed E-state index contributed by atoms with van der Waals surface area (Å²) in [6.45, 7) is 4.11. The Morgan fingerprint density at radius 2 is 1.68 bits per heavy atom. The zero-order valence-corrected chi connectivity index (χ0v) is 21.5. The molecule has 1 N–H and O–H groups in total. The van der Waals surface area contributed by atoms with E-state index in [0.29, 0.717) is 22.7 Å². The summed E-state index contributed by atoms with van der Waals surface area (Å²) < 4.78 is 10.2. The maximum absolute atomic E-state index is 13.5. The summed E-state index contributed by atoms with van der Waals surface area (Å²) in [6, 6.07) is 19.0. The molecule has 0 bridgehead atoms. The summed E-state index contributed by atoms with van der Waals surface area (Å²) >= 11 is 0. The van der Waals surface area contributed by atoms with E-state index < -0.39 is 29.9 Å². The van der Waals surface area contributed by atoms with Crippen LogP contribution in [0.2, 0.25) is 0 Å². The summed E-state index contributed by atoms with van der Waals surface area (Å²) in [5.41, 5.74) is 3.09. The number of carbonyl (C=O) groups is 4. The first-order chi connectivity index (χ1) is 18.3. The number of benzene rings is 3. The number of anilines is 2. The lowest BCUT2D eigenvalue weighted by molar-refractivity contribution is -0.124. The number of methoxy groups -OCH3 is 1. The predicted octanol–water partition coefficient (Wildman–Crippen LogP) is 4.55. The molecule has 4 amide bonds. The Morgan fingerprint density at radius 3 is 2.34 bits per heavy atom. The van der Waals surface area contributed by atoms with Crippen LogP contribution in [-0.4, -0.2) is 48.5 Å². The van der Waals surface area contributed by atoms with Crippen LogP contribution < -0.4 is 15.0 Å². The van der Waals surface area contributed by atoms with E-state index in [0.717, 1.165) is 16.0 Å². The van der Waals surface area contributed by atoms with Crippen molar-refractivity contribution in [2.45, 2.75) is 32.9 Å². The Hall–Kier alpha value is -4.66. The van der Waals surface area contributed by atoms with Gasteiger partial charge in [0.1, 0.15) is 11.8 Å². The highest BCUT2D eigenvalue weighted by Crippen LogP contribution is 2.30. The average molecular weight is 516 g/mol. The molecule has 3 aromatic carbocycles. The van der Waals surface area contributed by atoms with Crippen molar-refractivity contribution in [2.75, 3.05) is 23.9 Å². The maximum atomic E-state index is 13.5. The highest BCUT2D eigenvalue weighted by molar-refractivity contribution is 6.22. The van der Waals surface area contributed by atoms with Crippen molar-refractivity contribution >= 4 is 35.2 Å². The van der Waals surface area contributed by atoms with E-state index in [1.54, 1.807) is 55.5 Å². The van der Waals surface area contributed by atoms with Crippen molar-refractivity contribution in [3.05, 3.63) is 89.5 Å². The van der Waals surface area contributed by atoms with Gasteiger partial charge in [-0.1, -0.05) is 35.9 Å². The molecule has 1 fully saturated rings. The quantitative estimate of drug-likeness (QED) is 0.331. The van der Waals surface area contributed by atoms with Crippen LogP contribution in [0, 0.1) is 6.92 Å². The second-order valence-electron chi connectivity index (χ2n) is 8.84. The van der Waals surface area contributed by atoms with Crippen molar-refractivity contribution in [1.82, 2.24) is 4.90 Å². The second-order valence-corrected chi connectivity index (χ2v) is 8.84. The molecule has 1 aliphatic heterocycles. The van der Waals surface area contributed by atoms with Crippen LogP contribution in [0.15, 0.2) is 72.8 Å². The molecule has 4 rings (SSSR count). The molecule has 9 nitrogen and oxygen atoms in total. The average Bonchev–Trinajstić information content (AvgIpc) is 3.14. The third-order valence-electron chi connectivity index (χ3n) is 6.16. The normalized spacial score (nSPS) is 15.0. The fourth-order valence-corrected chi connectivity index (χ4v) is 4.18. The molecule has 196 valence electrons. The molecule has 1 aliphatic rings. The zero-order chi connectivity index (χ0) is 27.2. The van der Waals surface area contributed by atoms with E-state index >= 15 is 0 Å². The van der Waals surface area contributed by atoms with Crippen LogP contribution >= 0.6 is 0 Å². The minimum absolute atomic E-state index is 0.164. The third-order valence-corrected chi connectivity index (χ3v) is 6.16. The minimum Gasteiger partial charge on any atom is -0.497 e. The van der Waals surface area contributed by atoms with E-state index in [2.05, 4.69) is 5.32 Å². The van der Waals surface area contributed by atoms with Gasteiger partial charge in [0.05, 0.1) is 31.4 Å². The molecule has 1 heterocycles. The molecule has 0 aliphatic carbocycles. The van der Waals surface area contributed by atoms with Crippen molar-refractivity contribution < 1.29 is 28.7 Å². The molecule has 0 saturated carbocycles. The van der Waals surface area contributed by atoms with Crippen LogP contribution in [0.4, 0.5) is 16.2 Å². The van der Waals surface area contributed by atoms with E-state index in [1.165, 1.54) is 12.0 Å². The van der Waals surface area contributed by atoms with Crippen molar-refractivity contribution in [3.8, 4) is 5.75 Å². The van der Waals surface area contributed by atoms with Gasteiger partial charge < -0.3 is 19.7 Å². The van der Waals surface area contributed by atoms with Gasteiger partial charge in [-0.05, 0) is 55.8 Å². The summed E-state index contributed by atoms with van der Waals surface area (Å²) in [7, 11) is 1.50. The van der Waals surface area contributed by atoms with Crippen LogP contribution in [0.1, 0.15) is 34.8 Å². The first-order valence-corrected chi connectivity index (χ1v) is 12.2. The van der Waals surface area contributed by atoms with Gasteiger partial charge in [0, 0.05) is 18.3 Å². The third kappa shape index (κ3) is 5.83. The molecule has 1 atom stereocenters. The number of urea groups is 1. The smallest absolute Gasteiger partial charge is 0.338 e. The number of imide groups is 1. The van der Waals surface area contributed by atoms with Gasteiger partial charge in [-0.3, -0.25) is 9.59 Å². The van der Waals surface area contributed by atoms with Gasteiger partial charge in [0.2, 0.25) is 5.91 Å². The van der Waals surface area contributed by atoms with Crippen LogP contribution in [0.5, 0.6) is 5.75 Å². The molecule has 1 saturated heterocycles. The number of hydrogen-bond donors (Lipinski definition) is 1. The first-order valence-electron chi connectivity index (χ1n) is 12.2. The Bertz CT molecular complexity index is 1340. The lowest BCUT2D eigenvalue weighted by Crippen LogP contribution is -2.37. The molecular formula is C29H29N3O6. The Kier molecular flexibility index (Phi) is 8.06. The predicted molar refractivity (Wildman–Crippen MR) is 142 cm³/mol. The first kappa shape index (κ1) is 26.4. The Labute approximate surface area is 220 Å². The minimum atomic E-state index is -1.01. The number of nitrogens with zero attached hydrogens (tertiary/aromatic N) is 2. The number of ether oxygens (including phenoxy) is 2. The van der Waals surface area contributed by atoms with Gasteiger partial charge in [-0.25, -0.2) is 14.5 Å². The van der Waals surface area contributed by atoms with Crippen LogP contribution in [0.3, 0.4) is 0 Å². The monoisotopic (exact) mass is 515 g/mol. The lowest BCUT2D eigenvalue weighted by atomic mass is 10.1. The number of hydrogen-bond acceptors (Lipinski definition) is 6. The Balaban J connectivity index is 1.55. The van der Waals surface area contributed by atoms with E-state index in [9.17, 15) is 19.2 Å². The molecule has 0 unspecified atom stereocenters. The highest BCUT2D eigenvalue weighted by atomic mass is 16.5. The maximum Gasteiger partial charge on any atom is 0.338 e. The lowest BCUT2D eigenvalue weighted by Gasteiger charge is -2.22. The Morgan fingerprint density at radius 1 is 0.974 bits per heavy atom. The van der Waals surface area contributed by atoms with Crippen LogP contribution in [-0.2, 0) is 20.9 Å². The van der Waals surface area contributed by atoms with Crippen molar-refractivity contribution in [3.63, 3.8) is 0 Å². The molecule has 0 radical (unpaired) electrons. The number of esters is 1. The number of carbonyl (C=O) groups excluding carboxylic acids is 4. The van der Waals surface area contributed by atoms with Gasteiger partial charge >= 0.3 is 12.0 Å². The van der Waals surface area contributed by atoms with Gasteiger partial charge in [-0.2, -0.15) is 0 Å². The zero-order valence-electron chi connectivity index (χ0n) is 21.5. The fraction of sp³-hybridized carbons (Fsp3) is 0.241. The molecular weight excluding hydrogens is 486 g/mol. The van der Waals surface area contributed by atoms with E-state index in [1.807, 2.05) is 31.2 Å². The van der Waals surface area contributed by atoms with Crippen molar-refractivity contribution in [2.24, 2.45) is 0 Å². The van der Waals surface area contributed by atoms with E-state index in [-0.39, 0.29) is 19.6 Å². The molecule has 0 spiro atoms. The summed E-state index contributed by atoms with van der Waals surface area (Å²) in [6.07, 6.45) is -0.240. The summed E-state index contributed by atoms with van der Waals surface area (Å²) in [4.78, 5) is 54.4. The SMILES string of the molecule is CCOC(=O)c1ccc(NC(=O)C[C@H]2C(=O)N(c3cccc(OC)c3)C(=O)N2Cc2ccc(C)cc2)cc1. The number of aryl methyl sites for hydroxylation is 1. The molecule has 9 heteroatoms. The van der Waals surface area contributed by atoms with Crippen LogP contribution in [0.25, 0.3) is 0 Å². The summed E-state index contributed by atoms with van der Waals surface area (Å²) in [5, 5.41) is 2.75. The summed E-state index contributed by atoms with van der Waals surface area (Å²) in [5.74, 6) is -0.893. The second kappa shape index (κ2) is 11.6. The van der Waals surface area contributed by atoms with Gasteiger partial charge in [0.15, 0.2) is 0 Å². The topological polar surface area (TPSA) is 105 Å². The van der Waals surface area contributed by atoms with Gasteiger partial charge in [0.25, 0.3) is 5.91 Å². The molecule has 0 aromatic heterocycles. The fourth-order valence-electron chi connectivity index (χ4n) is 4.18. The largest absolute Gasteiger partial charge is 0.497 e. The highest BCUT2D eigenvalue weighted by Gasteiger charge is 2.46. The molecule has 3 aromatic rings. The van der Waals surface area contributed by atoms with Crippen molar-refractivity contribution in [1.29, 1.82) is 0 Å². The van der Waals surface area contributed by atoms with E-state index in [4.69, 9.17) is 9.47 Å². The standard InChI is InChI=1S/C29H29N3O6/c1-4-38-28(35)21-12-14-22(15-13-21)30-26(33)17-25-27(34)32(23-6-5-7-24(16-23)37-3)29(36)31(25)18-20-10-8-19(2)9-11-20/h5-16,25H,4,17-18H2,1-3H3,(H,30,33)/t25-/m0/s1. The number of amides is 4. The number of nitrogens with one attached hydrogen (secondary N) is 1. The molecule has 38 heavy (non-hydrogen) atoms. The van der Waals surface area contributed by atoms with Gasteiger partial charge in [-0.15, -0.1) is 0 Å². The number of rotatable bonds is 9.